The Morgan fingerprint density at radius 1 is 1.30 bits per heavy atom. The average Bonchev–Trinajstić information content (AvgIpc) is 3.21. The fraction of sp³-hybridized carbons (Fsp3) is 0.286. The Labute approximate surface area is 157 Å². The lowest BCUT2D eigenvalue weighted by molar-refractivity contribution is 0.417. The van der Waals surface area contributed by atoms with Crippen molar-refractivity contribution in [1.29, 1.82) is 0 Å². The van der Waals surface area contributed by atoms with E-state index >= 15 is 0 Å². The Kier molecular flexibility index (Phi) is 4.51. The van der Waals surface area contributed by atoms with Gasteiger partial charge in [-0.05, 0) is 25.0 Å². The van der Waals surface area contributed by atoms with Gasteiger partial charge in [0, 0.05) is 23.9 Å². The number of hydrogen-bond acceptors (Lipinski definition) is 5. The summed E-state index contributed by atoms with van der Waals surface area (Å²) in [6.07, 6.45) is 11.5. The zero-order chi connectivity index (χ0) is 18.8. The number of aromatic nitrogens is 3. The third-order valence-electron chi connectivity index (χ3n) is 4.99. The van der Waals surface area contributed by atoms with Crippen molar-refractivity contribution in [2.24, 2.45) is 0 Å². The van der Waals surface area contributed by atoms with Crippen LogP contribution in [0, 0.1) is 12.3 Å². The summed E-state index contributed by atoms with van der Waals surface area (Å²) in [7, 11) is 1.61. The van der Waals surface area contributed by atoms with Crippen LogP contribution >= 0.6 is 0 Å². The highest BCUT2D eigenvalue weighted by Gasteiger charge is 2.22. The first-order chi connectivity index (χ1) is 13.2. The maximum atomic E-state index is 12.7. The molecule has 2 aromatic heterocycles. The number of methoxy groups -OCH3 is 1. The van der Waals surface area contributed by atoms with Crippen molar-refractivity contribution in [2.75, 3.05) is 12.4 Å². The molecular weight excluding hydrogens is 340 g/mol. The first-order valence-electron chi connectivity index (χ1n) is 9.00. The zero-order valence-corrected chi connectivity index (χ0v) is 15.1. The number of para-hydroxylation sites is 2. The lowest BCUT2D eigenvalue weighted by Crippen LogP contribution is -2.24. The number of pyridine rings is 1. The van der Waals surface area contributed by atoms with E-state index in [1.165, 1.54) is 6.07 Å². The molecule has 0 spiro atoms. The largest absolute Gasteiger partial charge is 0.495 e. The number of terminal acetylenes is 1. The van der Waals surface area contributed by atoms with Gasteiger partial charge >= 0.3 is 0 Å². The van der Waals surface area contributed by atoms with Crippen LogP contribution in [-0.4, -0.2) is 21.6 Å². The smallest absolute Gasteiger partial charge is 0.253 e. The normalized spacial score (nSPS) is 14.2. The molecule has 0 atom stereocenters. The highest BCUT2D eigenvalue weighted by atomic mass is 16.5. The van der Waals surface area contributed by atoms with Crippen LogP contribution in [0.4, 0.5) is 11.6 Å². The Balaban J connectivity index is 1.86. The van der Waals surface area contributed by atoms with Gasteiger partial charge in [0.2, 0.25) is 5.95 Å². The van der Waals surface area contributed by atoms with E-state index in [0.29, 0.717) is 22.9 Å². The van der Waals surface area contributed by atoms with Gasteiger partial charge < -0.3 is 10.1 Å². The molecule has 1 saturated carbocycles. The average molecular weight is 360 g/mol. The summed E-state index contributed by atoms with van der Waals surface area (Å²) >= 11 is 0. The SMILES string of the molecule is C#Cc1cc(=O)n(C2CCCC2)c2nc(Nc3ccccc3OC)ncc12. The molecule has 1 aromatic carbocycles. The number of anilines is 2. The predicted molar refractivity (Wildman–Crippen MR) is 106 cm³/mol. The fourth-order valence-corrected chi connectivity index (χ4v) is 3.68. The summed E-state index contributed by atoms with van der Waals surface area (Å²) in [5.41, 5.74) is 1.74. The molecule has 1 N–H and O–H groups in total. The van der Waals surface area contributed by atoms with E-state index in [9.17, 15) is 4.79 Å². The number of nitrogens with one attached hydrogen (secondary N) is 1. The highest BCUT2D eigenvalue weighted by Crippen LogP contribution is 2.31. The van der Waals surface area contributed by atoms with Gasteiger partial charge in [-0.25, -0.2) is 4.98 Å². The molecule has 1 fully saturated rings. The molecule has 0 unspecified atom stereocenters. The molecule has 136 valence electrons. The lowest BCUT2D eigenvalue weighted by atomic mass is 10.1. The summed E-state index contributed by atoms with van der Waals surface area (Å²) in [5.74, 6) is 3.66. The zero-order valence-electron chi connectivity index (χ0n) is 15.1. The van der Waals surface area contributed by atoms with Gasteiger partial charge in [0.15, 0.2) is 0 Å². The van der Waals surface area contributed by atoms with E-state index in [1.54, 1.807) is 17.9 Å². The van der Waals surface area contributed by atoms with Gasteiger partial charge in [0.05, 0.1) is 18.2 Å². The van der Waals surface area contributed by atoms with Gasteiger partial charge in [0.25, 0.3) is 5.56 Å². The highest BCUT2D eigenvalue weighted by molar-refractivity contribution is 5.82. The quantitative estimate of drug-likeness (QED) is 0.720. The second kappa shape index (κ2) is 7.12. The molecule has 1 aliphatic carbocycles. The van der Waals surface area contributed by atoms with Crippen molar-refractivity contribution < 1.29 is 4.74 Å². The van der Waals surface area contributed by atoms with Crippen LogP contribution in [-0.2, 0) is 0 Å². The third-order valence-corrected chi connectivity index (χ3v) is 4.99. The molecule has 4 rings (SSSR count). The second-order valence-corrected chi connectivity index (χ2v) is 6.61. The maximum Gasteiger partial charge on any atom is 0.253 e. The van der Waals surface area contributed by atoms with Gasteiger partial charge in [-0.1, -0.05) is 30.9 Å². The number of hydrogen-bond donors (Lipinski definition) is 1. The molecule has 6 heteroatoms. The van der Waals surface area contributed by atoms with Crippen LogP contribution in [0.15, 0.2) is 41.3 Å². The second-order valence-electron chi connectivity index (χ2n) is 6.61. The maximum absolute atomic E-state index is 12.7. The molecule has 0 bridgehead atoms. The molecular formula is C21H20N4O2. The number of fused-ring (bicyclic) bond motifs is 1. The summed E-state index contributed by atoms with van der Waals surface area (Å²) in [6, 6.07) is 9.19. The minimum absolute atomic E-state index is 0.107. The van der Waals surface area contributed by atoms with Crippen molar-refractivity contribution in [3.8, 4) is 18.1 Å². The van der Waals surface area contributed by atoms with Crippen molar-refractivity contribution in [2.45, 2.75) is 31.7 Å². The molecule has 2 heterocycles. The van der Waals surface area contributed by atoms with E-state index in [1.807, 2.05) is 24.3 Å². The number of ether oxygens (including phenoxy) is 1. The van der Waals surface area contributed by atoms with Crippen LogP contribution in [0.1, 0.15) is 37.3 Å². The molecule has 1 aliphatic rings. The van der Waals surface area contributed by atoms with Crippen molar-refractivity contribution >= 4 is 22.7 Å². The van der Waals surface area contributed by atoms with Crippen LogP contribution in [0.2, 0.25) is 0 Å². The number of benzene rings is 1. The number of rotatable bonds is 4. The molecule has 0 radical (unpaired) electrons. The van der Waals surface area contributed by atoms with Crippen LogP contribution in [0.5, 0.6) is 5.75 Å². The van der Waals surface area contributed by atoms with E-state index in [4.69, 9.17) is 11.2 Å². The Bertz CT molecular complexity index is 1090. The Morgan fingerprint density at radius 2 is 2.07 bits per heavy atom. The predicted octanol–water partition coefficient (Wildman–Crippen LogP) is 3.64. The first kappa shape index (κ1) is 17.1. The summed E-state index contributed by atoms with van der Waals surface area (Å²) < 4.78 is 7.14. The van der Waals surface area contributed by atoms with Crippen molar-refractivity contribution in [3.05, 3.63) is 52.4 Å². The monoisotopic (exact) mass is 360 g/mol. The van der Waals surface area contributed by atoms with Crippen LogP contribution in [0.3, 0.4) is 0 Å². The number of nitrogens with zero attached hydrogens (tertiary/aromatic N) is 3. The third kappa shape index (κ3) is 3.13. The van der Waals surface area contributed by atoms with Crippen LogP contribution in [0.25, 0.3) is 11.0 Å². The minimum Gasteiger partial charge on any atom is -0.495 e. The van der Waals surface area contributed by atoms with E-state index < -0.39 is 0 Å². The Morgan fingerprint density at radius 3 is 2.81 bits per heavy atom. The first-order valence-corrected chi connectivity index (χ1v) is 9.00. The van der Waals surface area contributed by atoms with Gasteiger partial charge in [-0.2, -0.15) is 4.98 Å². The van der Waals surface area contributed by atoms with Crippen molar-refractivity contribution in [1.82, 2.24) is 14.5 Å². The van der Waals surface area contributed by atoms with Crippen molar-refractivity contribution in [3.63, 3.8) is 0 Å². The molecule has 0 aliphatic heterocycles. The van der Waals surface area contributed by atoms with Gasteiger partial charge in [-0.3, -0.25) is 9.36 Å². The standard InChI is InChI=1S/C21H20N4O2/c1-3-14-12-19(26)25(15-8-4-5-9-15)20-16(14)13-22-21(24-20)23-17-10-6-7-11-18(17)27-2/h1,6-7,10-13,15H,4-5,8-9H2,2H3,(H,22,23,24). The van der Waals surface area contributed by atoms with Crippen LogP contribution < -0.4 is 15.6 Å². The summed E-state index contributed by atoms with van der Waals surface area (Å²) in [4.78, 5) is 21.8. The van der Waals surface area contributed by atoms with E-state index in [2.05, 4.69) is 21.2 Å². The molecule has 0 saturated heterocycles. The lowest BCUT2D eigenvalue weighted by Gasteiger charge is -2.17. The fourth-order valence-electron chi connectivity index (χ4n) is 3.68. The van der Waals surface area contributed by atoms with E-state index in [0.717, 1.165) is 36.8 Å². The Hall–Kier alpha value is -3.33. The minimum atomic E-state index is -0.107. The molecule has 0 amide bonds. The summed E-state index contributed by atoms with van der Waals surface area (Å²) in [5, 5.41) is 3.89. The van der Waals surface area contributed by atoms with Gasteiger partial charge in [-0.15, -0.1) is 6.42 Å². The van der Waals surface area contributed by atoms with E-state index in [-0.39, 0.29) is 11.6 Å². The molecule has 6 nitrogen and oxygen atoms in total. The molecule has 3 aromatic rings. The topological polar surface area (TPSA) is 69.0 Å². The summed E-state index contributed by atoms with van der Waals surface area (Å²) in [6.45, 7) is 0. The van der Waals surface area contributed by atoms with Gasteiger partial charge in [0.1, 0.15) is 11.4 Å². The molecule has 27 heavy (non-hydrogen) atoms.